The van der Waals surface area contributed by atoms with Crippen molar-refractivity contribution in [2.45, 2.75) is 6.18 Å². The molecule has 0 bridgehead atoms. The van der Waals surface area contributed by atoms with Crippen LogP contribution in [0.15, 0.2) is 67.1 Å². The van der Waals surface area contributed by atoms with E-state index in [1.807, 2.05) is 36.4 Å². The topological polar surface area (TPSA) is 66.5 Å². The molecule has 0 unspecified atom stereocenters. The molecular formula is C22H13ClF3N5. The fourth-order valence-corrected chi connectivity index (χ4v) is 3.47. The van der Waals surface area contributed by atoms with E-state index in [1.54, 1.807) is 18.3 Å². The lowest BCUT2D eigenvalue weighted by molar-refractivity contribution is -0.138. The van der Waals surface area contributed by atoms with Crippen molar-refractivity contribution in [1.29, 1.82) is 0 Å². The second-order valence-corrected chi connectivity index (χ2v) is 7.35. The molecule has 0 radical (unpaired) electrons. The molecule has 0 atom stereocenters. The van der Waals surface area contributed by atoms with Crippen molar-refractivity contribution in [2.24, 2.45) is 0 Å². The predicted octanol–water partition coefficient (Wildman–Crippen LogP) is 6.59. The first-order valence-corrected chi connectivity index (χ1v) is 9.59. The van der Waals surface area contributed by atoms with Gasteiger partial charge in [-0.3, -0.25) is 0 Å². The number of hydrogen-bond acceptors (Lipinski definition) is 4. The Morgan fingerprint density at radius 3 is 2.52 bits per heavy atom. The Bertz CT molecular complexity index is 1410. The number of nitrogens with zero attached hydrogens (tertiary/aromatic N) is 3. The van der Waals surface area contributed by atoms with Gasteiger partial charge in [-0.15, -0.1) is 0 Å². The fourth-order valence-electron chi connectivity index (χ4n) is 3.29. The molecule has 0 aliphatic carbocycles. The van der Waals surface area contributed by atoms with E-state index in [0.29, 0.717) is 16.4 Å². The number of pyridine rings is 1. The number of nitrogens with one attached hydrogen (secondary N) is 2. The molecule has 0 amide bonds. The van der Waals surface area contributed by atoms with Crippen molar-refractivity contribution in [3.05, 3.63) is 77.7 Å². The van der Waals surface area contributed by atoms with Gasteiger partial charge >= 0.3 is 6.18 Å². The molecular weight excluding hydrogens is 427 g/mol. The van der Waals surface area contributed by atoms with Crippen LogP contribution in [0.1, 0.15) is 5.56 Å². The quantitative estimate of drug-likeness (QED) is 0.333. The number of aromatic nitrogens is 4. The van der Waals surface area contributed by atoms with Crippen LogP contribution in [-0.2, 0) is 6.18 Å². The van der Waals surface area contributed by atoms with E-state index in [1.165, 1.54) is 0 Å². The molecule has 5 rings (SSSR count). The van der Waals surface area contributed by atoms with Crippen LogP contribution in [0, 0.1) is 0 Å². The minimum absolute atomic E-state index is 0.211. The first-order valence-electron chi connectivity index (χ1n) is 9.21. The third-order valence-electron chi connectivity index (χ3n) is 4.83. The van der Waals surface area contributed by atoms with E-state index in [0.717, 1.165) is 39.9 Å². The first kappa shape index (κ1) is 19.3. The predicted molar refractivity (Wildman–Crippen MR) is 114 cm³/mol. The summed E-state index contributed by atoms with van der Waals surface area (Å²) in [4.78, 5) is 15.5. The van der Waals surface area contributed by atoms with E-state index in [-0.39, 0.29) is 5.82 Å². The summed E-state index contributed by atoms with van der Waals surface area (Å²) in [7, 11) is 0. The third kappa shape index (κ3) is 3.77. The second kappa shape index (κ2) is 7.24. The van der Waals surface area contributed by atoms with Gasteiger partial charge in [-0.1, -0.05) is 11.6 Å². The summed E-state index contributed by atoms with van der Waals surface area (Å²) in [5.74, 6) is 0.856. The summed E-state index contributed by atoms with van der Waals surface area (Å²) >= 11 is 6.02. The van der Waals surface area contributed by atoms with Crippen LogP contribution in [0.3, 0.4) is 0 Å². The maximum atomic E-state index is 12.8. The Labute approximate surface area is 178 Å². The van der Waals surface area contributed by atoms with E-state index in [4.69, 9.17) is 11.6 Å². The number of halogens is 4. The molecule has 2 N–H and O–H groups in total. The molecule has 0 fully saturated rings. The average molecular weight is 440 g/mol. The van der Waals surface area contributed by atoms with Gasteiger partial charge in [0.05, 0.1) is 16.8 Å². The molecule has 3 aromatic heterocycles. The summed E-state index contributed by atoms with van der Waals surface area (Å²) in [6.45, 7) is 0. The monoisotopic (exact) mass is 439 g/mol. The summed E-state index contributed by atoms with van der Waals surface area (Å²) in [5.41, 5.74) is 2.14. The fraction of sp³-hybridized carbons (Fsp3) is 0.0455. The normalized spacial score (nSPS) is 11.9. The van der Waals surface area contributed by atoms with Crippen LogP contribution in [0.2, 0.25) is 5.02 Å². The molecule has 154 valence electrons. The lowest BCUT2D eigenvalue weighted by atomic mass is 10.1. The molecule has 5 nitrogen and oxygen atoms in total. The third-order valence-corrected chi connectivity index (χ3v) is 5.07. The first-order chi connectivity index (χ1) is 14.9. The molecule has 0 saturated heterocycles. The van der Waals surface area contributed by atoms with E-state index in [2.05, 4.69) is 25.3 Å². The maximum Gasteiger partial charge on any atom is 0.419 e. The van der Waals surface area contributed by atoms with Crippen molar-refractivity contribution < 1.29 is 13.2 Å². The van der Waals surface area contributed by atoms with Crippen LogP contribution >= 0.6 is 11.6 Å². The molecule has 0 aliphatic heterocycles. The molecule has 0 saturated carbocycles. The molecule has 31 heavy (non-hydrogen) atoms. The van der Waals surface area contributed by atoms with Gasteiger partial charge in [-0.25, -0.2) is 15.0 Å². The lowest BCUT2D eigenvalue weighted by Gasteiger charge is -2.08. The van der Waals surface area contributed by atoms with Crippen LogP contribution in [0.4, 0.5) is 24.7 Å². The van der Waals surface area contributed by atoms with Crippen LogP contribution in [-0.4, -0.2) is 19.9 Å². The number of hydrogen-bond donors (Lipinski definition) is 2. The average Bonchev–Trinajstić information content (AvgIpc) is 3.15. The van der Waals surface area contributed by atoms with Crippen molar-refractivity contribution in [2.75, 3.05) is 5.32 Å². The number of aromatic amines is 1. The van der Waals surface area contributed by atoms with Crippen LogP contribution in [0.25, 0.3) is 33.2 Å². The van der Waals surface area contributed by atoms with Gasteiger partial charge in [0.15, 0.2) is 5.82 Å². The summed E-state index contributed by atoms with van der Waals surface area (Å²) in [6.07, 6.45) is -1.10. The highest BCUT2D eigenvalue weighted by atomic mass is 35.5. The number of benzene rings is 2. The molecule has 3 heterocycles. The minimum atomic E-state index is -4.47. The van der Waals surface area contributed by atoms with Crippen molar-refractivity contribution >= 4 is 44.9 Å². The molecule has 0 aliphatic rings. The summed E-state index contributed by atoms with van der Waals surface area (Å²) < 4.78 is 38.3. The van der Waals surface area contributed by atoms with Crippen molar-refractivity contribution in [1.82, 2.24) is 19.9 Å². The van der Waals surface area contributed by atoms with Crippen LogP contribution in [0.5, 0.6) is 0 Å². The van der Waals surface area contributed by atoms with Gasteiger partial charge in [0.1, 0.15) is 5.82 Å². The van der Waals surface area contributed by atoms with E-state index in [9.17, 15) is 13.2 Å². The van der Waals surface area contributed by atoms with Gasteiger partial charge < -0.3 is 10.3 Å². The molecule has 2 aromatic carbocycles. The minimum Gasteiger partial charge on any atom is -0.359 e. The highest BCUT2D eigenvalue weighted by Gasteiger charge is 2.31. The zero-order chi connectivity index (χ0) is 21.6. The molecule has 0 spiro atoms. The zero-order valence-corrected chi connectivity index (χ0v) is 16.5. The number of rotatable bonds is 3. The lowest BCUT2D eigenvalue weighted by Crippen LogP contribution is -2.06. The van der Waals surface area contributed by atoms with E-state index >= 15 is 0 Å². The second-order valence-electron chi connectivity index (χ2n) is 6.91. The van der Waals surface area contributed by atoms with Gasteiger partial charge in [0.2, 0.25) is 0 Å². The largest absolute Gasteiger partial charge is 0.419 e. The molecule has 5 aromatic rings. The standard InChI is InChI=1S/C22H13ClF3N5/c23-15-3-5-17-12(7-15)2-6-20(30-17)31-19-11-27-18-4-1-13(8-16(18)19)21-28-9-14(10-29-21)22(24,25)26/h1-11,27H,(H,30,31). The smallest absolute Gasteiger partial charge is 0.359 e. The molecule has 9 heteroatoms. The maximum absolute atomic E-state index is 12.8. The Morgan fingerprint density at radius 2 is 1.74 bits per heavy atom. The number of H-pyrrole nitrogens is 1. The highest BCUT2D eigenvalue weighted by molar-refractivity contribution is 6.31. The Hall–Kier alpha value is -3.65. The Kier molecular flexibility index (Phi) is 4.51. The number of anilines is 2. The van der Waals surface area contributed by atoms with Gasteiger partial charge in [-0.05, 0) is 48.5 Å². The summed E-state index contributed by atoms with van der Waals surface area (Å²) in [5, 5.41) is 5.68. The number of alkyl halides is 3. The number of fused-ring (bicyclic) bond motifs is 2. The van der Waals surface area contributed by atoms with Gasteiger partial charge in [-0.2, -0.15) is 13.2 Å². The zero-order valence-electron chi connectivity index (χ0n) is 15.7. The van der Waals surface area contributed by atoms with Crippen molar-refractivity contribution in [3.8, 4) is 11.4 Å². The van der Waals surface area contributed by atoms with Crippen molar-refractivity contribution in [3.63, 3.8) is 0 Å². The summed E-state index contributed by atoms with van der Waals surface area (Å²) in [6, 6.07) is 14.6. The van der Waals surface area contributed by atoms with Crippen LogP contribution < -0.4 is 5.32 Å². The Balaban J connectivity index is 1.48. The SMILES string of the molecule is FC(F)(F)c1cnc(-c2ccc3[nH]cc(Nc4ccc5cc(Cl)ccc5n4)c3c2)nc1. The Morgan fingerprint density at radius 1 is 0.935 bits per heavy atom. The highest BCUT2D eigenvalue weighted by Crippen LogP contribution is 2.32. The van der Waals surface area contributed by atoms with Gasteiger partial charge in [0.25, 0.3) is 0 Å². The van der Waals surface area contributed by atoms with E-state index < -0.39 is 11.7 Å². The van der Waals surface area contributed by atoms with Gasteiger partial charge in [0, 0.05) is 45.5 Å².